The molecule has 1 heterocycles. The van der Waals surface area contributed by atoms with E-state index in [0.29, 0.717) is 6.04 Å². The highest BCUT2D eigenvalue weighted by Crippen LogP contribution is 1.99. The van der Waals surface area contributed by atoms with Crippen LogP contribution in [0.25, 0.3) is 0 Å². The zero-order chi connectivity index (χ0) is 10.4. The van der Waals surface area contributed by atoms with Gasteiger partial charge >= 0.3 is 0 Å². The molecule has 1 rings (SSSR count). The molecule has 0 radical (unpaired) electrons. The first kappa shape index (κ1) is 11.2. The fourth-order valence-electron chi connectivity index (χ4n) is 1.35. The second-order valence-electron chi connectivity index (χ2n) is 3.59. The molecule has 0 bridgehead atoms. The van der Waals surface area contributed by atoms with Gasteiger partial charge < -0.3 is 10.4 Å². The first-order valence-electron chi connectivity index (χ1n) is 5.05. The van der Waals surface area contributed by atoms with Gasteiger partial charge in [-0.25, -0.2) is 0 Å². The van der Waals surface area contributed by atoms with Crippen LogP contribution >= 0.6 is 0 Å². The molecule has 0 aliphatic heterocycles. The van der Waals surface area contributed by atoms with Crippen LogP contribution in [0.3, 0.4) is 0 Å². The van der Waals surface area contributed by atoms with E-state index in [0.717, 1.165) is 19.4 Å². The zero-order valence-corrected chi connectivity index (χ0v) is 8.90. The molecule has 0 aliphatic carbocycles. The Morgan fingerprint density at radius 1 is 1.64 bits per heavy atom. The summed E-state index contributed by atoms with van der Waals surface area (Å²) in [5, 5.41) is 16.2. The topological polar surface area (TPSA) is 50.1 Å². The Morgan fingerprint density at radius 3 is 3.00 bits per heavy atom. The maximum absolute atomic E-state index is 8.67. The van der Waals surface area contributed by atoms with Crippen molar-refractivity contribution in [3.05, 3.63) is 18.0 Å². The van der Waals surface area contributed by atoms with E-state index in [-0.39, 0.29) is 6.61 Å². The Kier molecular flexibility index (Phi) is 4.62. The molecular weight excluding hydrogens is 178 g/mol. The minimum absolute atomic E-state index is 0.276. The third-order valence-corrected chi connectivity index (χ3v) is 2.35. The summed E-state index contributed by atoms with van der Waals surface area (Å²) in [6, 6.07) is 2.45. The quantitative estimate of drug-likeness (QED) is 0.704. The molecule has 0 saturated heterocycles. The molecule has 4 heteroatoms. The Balaban J connectivity index is 2.23. The fraction of sp³-hybridized carbons (Fsp3) is 0.700. The summed E-state index contributed by atoms with van der Waals surface area (Å²) in [6.45, 7) is 3.24. The third-order valence-electron chi connectivity index (χ3n) is 2.35. The lowest BCUT2D eigenvalue weighted by Crippen LogP contribution is -2.26. The summed E-state index contributed by atoms with van der Waals surface area (Å²) < 4.78 is 1.87. The number of hydrogen-bond acceptors (Lipinski definition) is 3. The molecule has 1 aromatic rings. The highest BCUT2D eigenvalue weighted by Gasteiger charge is 2.02. The molecule has 2 N–H and O–H groups in total. The van der Waals surface area contributed by atoms with Crippen molar-refractivity contribution in [3.63, 3.8) is 0 Å². The summed E-state index contributed by atoms with van der Waals surface area (Å²) in [6.07, 6.45) is 3.67. The Bertz CT molecular complexity index is 260. The molecule has 0 amide bonds. The SMILES string of the molecule is C[C@H](CCCO)NCc1ccnn1C. The molecule has 0 aromatic carbocycles. The standard InChI is InChI=1S/C10H19N3O/c1-9(4-3-7-14)11-8-10-5-6-12-13(10)2/h5-6,9,11,14H,3-4,7-8H2,1-2H3/t9-/m1/s1. The van der Waals surface area contributed by atoms with Crippen LogP contribution in [0.2, 0.25) is 0 Å². The second-order valence-corrected chi connectivity index (χ2v) is 3.59. The first-order valence-corrected chi connectivity index (χ1v) is 5.05. The molecule has 1 aromatic heterocycles. The van der Waals surface area contributed by atoms with E-state index < -0.39 is 0 Å². The van der Waals surface area contributed by atoms with Crippen LogP contribution in [-0.4, -0.2) is 27.5 Å². The molecule has 0 spiro atoms. The Labute approximate surface area is 84.9 Å². The summed E-state index contributed by atoms with van der Waals surface area (Å²) >= 11 is 0. The number of aryl methyl sites for hydroxylation is 1. The van der Waals surface area contributed by atoms with Gasteiger partial charge in [0.25, 0.3) is 0 Å². The molecular formula is C10H19N3O. The van der Waals surface area contributed by atoms with Gasteiger partial charge in [0.05, 0.1) is 5.69 Å². The minimum atomic E-state index is 0.276. The largest absolute Gasteiger partial charge is 0.396 e. The molecule has 0 unspecified atom stereocenters. The molecule has 0 saturated carbocycles. The summed E-state index contributed by atoms with van der Waals surface area (Å²) in [4.78, 5) is 0. The normalized spacial score (nSPS) is 13.1. The molecule has 80 valence electrons. The van der Waals surface area contributed by atoms with Crippen molar-refractivity contribution >= 4 is 0 Å². The average Bonchev–Trinajstić information content (AvgIpc) is 2.58. The minimum Gasteiger partial charge on any atom is -0.396 e. The summed E-state index contributed by atoms with van der Waals surface area (Å²) in [7, 11) is 1.94. The summed E-state index contributed by atoms with van der Waals surface area (Å²) in [5.41, 5.74) is 1.18. The van der Waals surface area contributed by atoms with Gasteiger partial charge in [-0.3, -0.25) is 4.68 Å². The van der Waals surface area contributed by atoms with Crippen molar-refractivity contribution in [2.75, 3.05) is 6.61 Å². The number of aliphatic hydroxyl groups excluding tert-OH is 1. The van der Waals surface area contributed by atoms with Crippen LogP contribution in [-0.2, 0) is 13.6 Å². The van der Waals surface area contributed by atoms with E-state index in [1.165, 1.54) is 5.69 Å². The predicted octanol–water partition coefficient (Wildman–Crippen LogP) is 0.671. The highest BCUT2D eigenvalue weighted by atomic mass is 16.2. The van der Waals surface area contributed by atoms with Gasteiger partial charge in [-0.15, -0.1) is 0 Å². The Morgan fingerprint density at radius 2 is 2.43 bits per heavy atom. The zero-order valence-electron chi connectivity index (χ0n) is 8.90. The van der Waals surface area contributed by atoms with Crippen LogP contribution in [0.4, 0.5) is 0 Å². The third kappa shape index (κ3) is 3.47. The lowest BCUT2D eigenvalue weighted by atomic mass is 10.2. The number of aliphatic hydroxyl groups is 1. The highest BCUT2D eigenvalue weighted by molar-refractivity contribution is 4.99. The van der Waals surface area contributed by atoms with Gasteiger partial charge in [0, 0.05) is 32.4 Å². The van der Waals surface area contributed by atoms with Crippen molar-refractivity contribution in [2.45, 2.75) is 32.4 Å². The van der Waals surface area contributed by atoms with Gasteiger partial charge in [-0.1, -0.05) is 0 Å². The van der Waals surface area contributed by atoms with Gasteiger partial charge in [-0.05, 0) is 25.8 Å². The van der Waals surface area contributed by atoms with Crippen LogP contribution in [0, 0.1) is 0 Å². The average molecular weight is 197 g/mol. The molecule has 0 fully saturated rings. The number of rotatable bonds is 6. The van der Waals surface area contributed by atoms with Crippen molar-refractivity contribution < 1.29 is 5.11 Å². The molecule has 4 nitrogen and oxygen atoms in total. The second kappa shape index (κ2) is 5.78. The van der Waals surface area contributed by atoms with E-state index in [9.17, 15) is 0 Å². The van der Waals surface area contributed by atoms with Crippen LogP contribution in [0.1, 0.15) is 25.5 Å². The van der Waals surface area contributed by atoms with Gasteiger partial charge in [0.1, 0.15) is 0 Å². The molecule has 1 atom stereocenters. The van der Waals surface area contributed by atoms with E-state index in [1.54, 1.807) is 6.20 Å². The maximum atomic E-state index is 8.67. The van der Waals surface area contributed by atoms with Crippen molar-refractivity contribution in [1.29, 1.82) is 0 Å². The van der Waals surface area contributed by atoms with Crippen LogP contribution < -0.4 is 5.32 Å². The first-order chi connectivity index (χ1) is 6.74. The van der Waals surface area contributed by atoms with Crippen molar-refractivity contribution in [1.82, 2.24) is 15.1 Å². The number of nitrogens with one attached hydrogen (secondary N) is 1. The summed E-state index contributed by atoms with van der Waals surface area (Å²) in [5.74, 6) is 0. The molecule has 14 heavy (non-hydrogen) atoms. The molecule has 0 aliphatic rings. The maximum Gasteiger partial charge on any atom is 0.0518 e. The van der Waals surface area contributed by atoms with Crippen LogP contribution in [0.15, 0.2) is 12.3 Å². The van der Waals surface area contributed by atoms with E-state index in [1.807, 2.05) is 17.8 Å². The number of hydrogen-bond donors (Lipinski definition) is 2. The van der Waals surface area contributed by atoms with E-state index in [2.05, 4.69) is 17.3 Å². The monoisotopic (exact) mass is 197 g/mol. The van der Waals surface area contributed by atoms with E-state index >= 15 is 0 Å². The van der Waals surface area contributed by atoms with Crippen LogP contribution in [0.5, 0.6) is 0 Å². The smallest absolute Gasteiger partial charge is 0.0518 e. The number of nitrogens with zero attached hydrogens (tertiary/aromatic N) is 2. The van der Waals surface area contributed by atoms with Crippen molar-refractivity contribution in [3.8, 4) is 0 Å². The van der Waals surface area contributed by atoms with Gasteiger partial charge in [0.15, 0.2) is 0 Å². The fourth-order valence-corrected chi connectivity index (χ4v) is 1.35. The number of aromatic nitrogens is 2. The lowest BCUT2D eigenvalue weighted by molar-refractivity contribution is 0.276. The van der Waals surface area contributed by atoms with E-state index in [4.69, 9.17) is 5.11 Å². The van der Waals surface area contributed by atoms with Gasteiger partial charge in [0.2, 0.25) is 0 Å². The lowest BCUT2D eigenvalue weighted by Gasteiger charge is -2.12. The van der Waals surface area contributed by atoms with Gasteiger partial charge in [-0.2, -0.15) is 5.10 Å². The Hall–Kier alpha value is -0.870. The predicted molar refractivity (Wildman–Crippen MR) is 55.8 cm³/mol. The van der Waals surface area contributed by atoms with Crippen molar-refractivity contribution in [2.24, 2.45) is 7.05 Å².